The van der Waals surface area contributed by atoms with E-state index >= 15 is 0 Å². The SMILES string of the molecule is NC1CCC(N(Cc2cccc(NC(=O)C3CCCCC3)c2)C(=O)c2cccc(F)c2)CC1. The van der Waals surface area contributed by atoms with Gasteiger partial charge in [0.15, 0.2) is 0 Å². The zero-order valence-electron chi connectivity index (χ0n) is 19.1. The van der Waals surface area contributed by atoms with Crippen molar-refractivity contribution in [3.05, 3.63) is 65.5 Å². The number of carbonyl (C=O) groups is 2. The Labute approximate surface area is 195 Å². The van der Waals surface area contributed by atoms with Crippen LogP contribution < -0.4 is 11.1 Å². The zero-order valence-corrected chi connectivity index (χ0v) is 19.1. The number of rotatable bonds is 6. The van der Waals surface area contributed by atoms with Gasteiger partial charge in [0, 0.05) is 35.8 Å². The highest BCUT2D eigenvalue weighted by Crippen LogP contribution is 2.27. The lowest BCUT2D eigenvalue weighted by atomic mass is 9.88. The maximum atomic E-state index is 13.8. The van der Waals surface area contributed by atoms with Crippen LogP contribution in [0.25, 0.3) is 0 Å². The summed E-state index contributed by atoms with van der Waals surface area (Å²) >= 11 is 0. The van der Waals surface area contributed by atoms with Gasteiger partial charge in [0.25, 0.3) is 5.91 Å². The predicted octanol–water partition coefficient (Wildman–Crippen LogP) is 5.26. The van der Waals surface area contributed by atoms with Crippen molar-refractivity contribution in [3.63, 3.8) is 0 Å². The molecule has 0 bridgehead atoms. The Morgan fingerprint density at radius 3 is 2.39 bits per heavy atom. The largest absolute Gasteiger partial charge is 0.331 e. The van der Waals surface area contributed by atoms with E-state index in [-0.39, 0.29) is 29.8 Å². The summed E-state index contributed by atoms with van der Waals surface area (Å²) < 4.78 is 13.8. The lowest BCUT2D eigenvalue weighted by molar-refractivity contribution is -0.120. The average Bonchev–Trinajstić information content (AvgIpc) is 2.83. The van der Waals surface area contributed by atoms with Gasteiger partial charge in [-0.25, -0.2) is 4.39 Å². The molecule has 2 fully saturated rings. The summed E-state index contributed by atoms with van der Waals surface area (Å²) in [5.74, 6) is -0.425. The summed E-state index contributed by atoms with van der Waals surface area (Å²) in [7, 11) is 0. The van der Waals surface area contributed by atoms with Gasteiger partial charge in [-0.15, -0.1) is 0 Å². The Morgan fingerprint density at radius 1 is 0.939 bits per heavy atom. The molecular weight excluding hydrogens is 417 g/mol. The van der Waals surface area contributed by atoms with E-state index in [1.165, 1.54) is 18.6 Å². The van der Waals surface area contributed by atoms with Crippen LogP contribution in [0.15, 0.2) is 48.5 Å². The Hall–Kier alpha value is -2.73. The fourth-order valence-electron chi connectivity index (χ4n) is 5.12. The molecule has 0 aromatic heterocycles. The normalized spacial score (nSPS) is 21.4. The first kappa shape index (κ1) is 23.4. The van der Waals surface area contributed by atoms with E-state index in [9.17, 15) is 14.0 Å². The molecule has 0 heterocycles. The highest BCUT2D eigenvalue weighted by molar-refractivity contribution is 5.94. The third-order valence-corrected chi connectivity index (χ3v) is 7.04. The number of nitrogens with two attached hydrogens (primary N) is 1. The van der Waals surface area contributed by atoms with E-state index < -0.39 is 5.82 Å². The van der Waals surface area contributed by atoms with Crippen LogP contribution in [-0.4, -0.2) is 28.8 Å². The van der Waals surface area contributed by atoms with Crippen molar-refractivity contribution in [1.82, 2.24) is 4.90 Å². The zero-order chi connectivity index (χ0) is 23.2. The number of nitrogens with one attached hydrogen (secondary N) is 1. The van der Waals surface area contributed by atoms with Crippen LogP contribution in [-0.2, 0) is 11.3 Å². The lowest BCUT2D eigenvalue weighted by Crippen LogP contribution is -2.43. The van der Waals surface area contributed by atoms with Crippen LogP contribution >= 0.6 is 0 Å². The number of halogens is 1. The van der Waals surface area contributed by atoms with Gasteiger partial charge in [0.05, 0.1) is 0 Å². The minimum absolute atomic E-state index is 0.0565. The Kier molecular flexibility index (Phi) is 7.76. The van der Waals surface area contributed by atoms with Crippen LogP contribution in [0, 0.1) is 11.7 Å². The maximum Gasteiger partial charge on any atom is 0.254 e. The molecule has 5 nitrogen and oxygen atoms in total. The summed E-state index contributed by atoms with van der Waals surface area (Å²) in [5, 5.41) is 3.07. The summed E-state index contributed by atoms with van der Waals surface area (Å²) in [4.78, 5) is 27.9. The van der Waals surface area contributed by atoms with Gasteiger partial charge in [0.1, 0.15) is 5.82 Å². The molecule has 0 unspecified atom stereocenters. The monoisotopic (exact) mass is 451 g/mol. The van der Waals surface area contributed by atoms with E-state index in [0.717, 1.165) is 62.6 Å². The van der Waals surface area contributed by atoms with Gasteiger partial charge in [-0.3, -0.25) is 9.59 Å². The van der Waals surface area contributed by atoms with Crippen molar-refractivity contribution in [2.24, 2.45) is 11.7 Å². The number of hydrogen-bond acceptors (Lipinski definition) is 3. The van der Waals surface area contributed by atoms with Crippen LogP contribution in [0.1, 0.15) is 73.7 Å². The molecule has 2 aliphatic carbocycles. The molecule has 3 N–H and O–H groups in total. The molecule has 33 heavy (non-hydrogen) atoms. The van der Waals surface area contributed by atoms with Crippen LogP contribution in [0.4, 0.5) is 10.1 Å². The predicted molar refractivity (Wildman–Crippen MR) is 128 cm³/mol. The minimum Gasteiger partial charge on any atom is -0.331 e. The van der Waals surface area contributed by atoms with Gasteiger partial charge < -0.3 is 16.0 Å². The highest BCUT2D eigenvalue weighted by atomic mass is 19.1. The van der Waals surface area contributed by atoms with Crippen molar-refractivity contribution in [3.8, 4) is 0 Å². The fourth-order valence-corrected chi connectivity index (χ4v) is 5.12. The van der Waals surface area contributed by atoms with Crippen LogP contribution in [0.5, 0.6) is 0 Å². The molecule has 0 saturated heterocycles. The van der Waals surface area contributed by atoms with E-state index in [1.54, 1.807) is 12.1 Å². The standard InChI is InChI=1S/C27H34FN3O2/c28-22-10-5-9-21(17-22)27(33)31(25-14-12-23(29)13-15-25)18-19-6-4-11-24(16-19)30-26(32)20-7-2-1-3-8-20/h4-6,9-11,16-17,20,23,25H,1-3,7-8,12-15,18,29H2,(H,30,32). The molecule has 2 saturated carbocycles. The molecule has 4 rings (SSSR count). The van der Waals surface area contributed by atoms with Crippen LogP contribution in [0.3, 0.4) is 0 Å². The van der Waals surface area contributed by atoms with Crippen molar-refractivity contribution in [2.45, 2.75) is 76.4 Å². The lowest BCUT2D eigenvalue weighted by Gasteiger charge is -2.36. The third-order valence-electron chi connectivity index (χ3n) is 7.04. The Morgan fingerprint density at radius 2 is 1.67 bits per heavy atom. The number of benzene rings is 2. The average molecular weight is 452 g/mol. The van der Waals surface area contributed by atoms with E-state index in [0.29, 0.717) is 12.1 Å². The number of hydrogen-bond donors (Lipinski definition) is 2. The summed E-state index contributed by atoms with van der Waals surface area (Å²) in [6.45, 7) is 0.405. The second-order valence-corrected chi connectivity index (χ2v) is 9.54. The van der Waals surface area contributed by atoms with Crippen molar-refractivity contribution < 1.29 is 14.0 Å². The summed E-state index contributed by atoms with van der Waals surface area (Å²) in [5.41, 5.74) is 8.14. The second kappa shape index (κ2) is 10.9. The highest BCUT2D eigenvalue weighted by Gasteiger charge is 2.29. The Bertz CT molecular complexity index is 965. The molecule has 6 heteroatoms. The maximum absolute atomic E-state index is 13.8. The van der Waals surface area contributed by atoms with Crippen molar-refractivity contribution >= 4 is 17.5 Å². The van der Waals surface area contributed by atoms with Gasteiger partial charge in [0.2, 0.25) is 5.91 Å². The molecule has 0 spiro atoms. The first-order valence-corrected chi connectivity index (χ1v) is 12.2. The molecule has 0 atom stereocenters. The Balaban J connectivity index is 1.51. The van der Waals surface area contributed by atoms with E-state index in [2.05, 4.69) is 5.32 Å². The summed E-state index contributed by atoms with van der Waals surface area (Å²) in [6, 6.07) is 13.8. The number of anilines is 1. The number of amides is 2. The first-order chi connectivity index (χ1) is 16.0. The second-order valence-electron chi connectivity index (χ2n) is 9.54. The molecule has 176 valence electrons. The number of nitrogens with zero attached hydrogens (tertiary/aromatic N) is 1. The van der Waals surface area contributed by atoms with E-state index in [1.807, 2.05) is 29.2 Å². The van der Waals surface area contributed by atoms with Gasteiger partial charge in [-0.05, 0) is 74.4 Å². The molecule has 0 radical (unpaired) electrons. The molecule has 0 aliphatic heterocycles. The number of carbonyl (C=O) groups excluding carboxylic acids is 2. The topological polar surface area (TPSA) is 75.4 Å². The van der Waals surface area contributed by atoms with Gasteiger partial charge in [-0.2, -0.15) is 0 Å². The molecule has 2 aliphatic rings. The van der Waals surface area contributed by atoms with Crippen molar-refractivity contribution in [1.29, 1.82) is 0 Å². The minimum atomic E-state index is -0.418. The fraction of sp³-hybridized carbons (Fsp3) is 0.481. The van der Waals surface area contributed by atoms with Crippen LogP contribution in [0.2, 0.25) is 0 Å². The molecule has 2 aromatic carbocycles. The van der Waals surface area contributed by atoms with Crippen molar-refractivity contribution in [2.75, 3.05) is 5.32 Å². The van der Waals surface area contributed by atoms with Gasteiger partial charge >= 0.3 is 0 Å². The van der Waals surface area contributed by atoms with E-state index in [4.69, 9.17) is 5.73 Å². The molecular formula is C27H34FN3O2. The quantitative estimate of drug-likeness (QED) is 0.629. The van der Waals surface area contributed by atoms with Gasteiger partial charge in [-0.1, -0.05) is 37.5 Å². The third kappa shape index (κ3) is 6.20. The smallest absolute Gasteiger partial charge is 0.254 e. The summed E-state index contributed by atoms with van der Waals surface area (Å²) in [6.07, 6.45) is 8.74. The molecule has 2 aromatic rings. The molecule has 2 amide bonds. The first-order valence-electron chi connectivity index (χ1n) is 12.2.